The van der Waals surface area contributed by atoms with E-state index in [1.807, 2.05) is 47.2 Å². The topological polar surface area (TPSA) is 92.3 Å². The molecule has 2 aliphatic heterocycles. The normalized spacial score (nSPS) is 18.6. The maximum absolute atomic E-state index is 5.99. The van der Waals surface area contributed by atoms with E-state index in [9.17, 15) is 0 Å². The molecule has 2 aromatic heterocycles. The molecule has 10 nitrogen and oxygen atoms in total. The average molecular weight is 625 g/mol. The predicted molar refractivity (Wildman–Crippen MR) is 161 cm³/mol. The van der Waals surface area contributed by atoms with Gasteiger partial charge >= 0.3 is 0 Å². The summed E-state index contributed by atoms with van der Waals surface area (Å²) in [6.45, 7) is 7.69. The molecule has 0 unspecified atom stereocenters. The van der Waals surface area contributed by atoms with E-state index < -0.39 is 0 Å². The van der Waals surface area contributed by atoms with E-state index in [1.54, 1.807) is 22.7 Å². The van der Waals surface area contributed by atoms with E-state index in [0.717, 1.165) is 32.8 Å². The van der Waals surface area contributed by atoms with Gasteiger partial charge in [-0.2, -0.15) is 0 Å². The molecule has 1 aromatic carbocycles. The van der Waals surface area contributed by atoms with Crippen LogP contribution in [0.3, 0.4) is 0 Å². The van der Waals surface area contributed by atoms with Gasteiger partial charge in [0, 0.05) is 0 Å². The Bertz CT molecular complexity index is 1000. The molecule has 0 aliphatic carbocycles. The number of ether oxygens (including phenoxy) is 10. The summed E-state index contributed by atoms with van der Waals surface area (Å²) >= 11 is 3.25. The molecule has 0 radical (unpaired) electrons. The van der Waals surface area contributed by atoms with Crippen LogP contribution in [0.4, 0.5) is 0 Å². The molecule has 42 heavy (non-hydrogen) atoms. The molecule has 0 atom stereocenters. The monoisotopic (exact) mass is 624 g/mol. The highest BCUT2D eigenvalue weighted by molar-refractivity contribution is 7.21. The number of benzene rings is 1. The first-order valence-electron chi connectivity index (χ1n) is 14.1. The largest absolute Gasteiger partial charge is 0.491 e. The first-order valence-corrected chi connectivity index (χ1v) is 15.9. The molecule has 0 saturated carbocycles. The SMILES string of the molecule is c1cc2c(s1)-c1sccc1OCCOCCOCCOCCOc1ccc(cc1)OCCOCCOCCOCCO2. The minimum absolute atomic E-state index is 0.451. The van der Waals surface area contributed by atoms with Gasteiger partial charge in [-0.25, -0.2) is 0 Å². The lowest BCUT2D eigenvalue weighted by Crippen LogP contribution is -2.14. The lowest BCUT2D eigenvalue weighted by Gasteiger charge is -2.11. The first kappa shape index (κ1) is 32.5. The lowest BCUT2D eigenvalue weighted by molar-refractivity contribution is 0.00480. The molecule has 3 aromatic rings. The average Bonchev–Trinajstić information content (AvgIpc) is 3.67. The maximum Gasteiger partial charge on any atom is 0.138 e. The van der Waals surface area contributed by atoms with Crippen LogP contribution in [0.5, 0.6) is 23.0 Å². The zero-order valence-electron chi connectivity index (χ0n) is 23.8. The van der Waals surface area contributed by atoms with E-state index >= 15 is 0 Å². The van der Waals surface area contributed by atoms with E-state index in [1.165, 1.54) is 0 Å². The molecule has 0 amide bonds. The molecule has 0 fully saturated rings. The lowest BCUT2D eigenvalue weighted by atomic mass is 10.3. The Balaban J connectivity index is 1.18. The second-order valence-electron chi connectivity index (χ2n) is 8.77. The van der Waals surface area contributed by atoms with E-state index in [-0.39, 0.29) is 0 Å². The van der Waals surface area contributed by atoms with Crippen LogP contribution in [0.25, 0.3) is 9.75 Å². The van der Waals surface area contributed by atoms with Crippen LogP contribution < -0.4 is 18.9 Å². The second kappa shape index (κ2) is 20.5. The fourth-order valence-electron chi connectivity index (χ4n) is 3.73. The first-order chi connectivity index (χ1) is 20.9. The molecule has 2 aliphatic rings. The fourth-order valence-corrected chi connectivity index (χ4v) is 5.57. The van der Waals surface area contributed by atoms with Gasteiger partial charge in [0.05, 0.1) is 89.0 Å². The summed E-state index contributed by atoms with van der Waals surface area (Å²) in [6, 6.07) is 11.4. The Hall–Kier alpha value is -2.42. The molecule has 12 heteroatoms. The highest BCUT2D eigenvalue weighted by Crippen LogP contribution is 2.44. The Labute approximate surface area is 255 Å². The minimum atomic E-state index is 0.451. The van der Waals surface area contributed by atoms with Crippen LogP contribution in [-0.2, 0) is 28.4 Å². The third-order valence-corrected chi connectivity index (χ3v) is 7.70. The van der Waals surface area contributed by atoms with Gasteiger partial charge in [-0.1, -0.05) is 0 Å². The Morgan fingerprint density at radius 3 is 0.952 bits per heavy atom. The highest BCUT2D eigenvalue weighted by atomic mass is 32.1. The van der Waals surface area contributed by atoms with Crippen molar-refractivity contribution in [1.29, 1.82) is 0 Å². The number of hydrogen-bond acceptors (Lipinski definition) is 12. The van der Waals surface area contributed by atoms with Gasteiger partial charge < -0.3 is 47.4 Å². The second-order valence-corrected chi connectivity index (χ2v) is 10.6. The van der Waals surface area contributed by atoms with Crippen LogP contribution in [0, 0.1) is 0 Å². The fraction of sp³-hybridized carbons (Fsp3) is 0.533. The van der Waals surface area contributed by atoms with E-state index in [4.69, 9.17) is 47.4 Å². The smallest absolute Gasteiger partial charge is 0.138 e. The van der Waals surface area contributed by atoms with Crippen molar-refractivity contribution in [3.63, 3.8) is 0 Å². The molecule has 232 valence electrons. The molecule has 0 spiro atoms. The van der Waals surface area contributed by atoms with Gasteiger partial charge in [0.2, 0.25) is 0 Å². The molecule has 0 saturated heterocycles. The number of fused-ring (bicyclic) bond motifs is 26. The predicted octanol–water partition coefficient (Wildman–Crippen LogP) is 4.81. The summed E-state index contributed by atoms with van der Waals surface area (Å²) in [5.41, 5.74) is 0. The van der Waals surface area contributed by atoms with Gasteiger partial charge in [-0.15, -0.1) is 22.7 Å². The Kier molecular flexibility index (Phi) is 15.8. The number of rotatable bonds is 0. The van der Waals surface area contributed by atoms with Crippen molar-refractivity contribution < 1.29 is 47.4 Å². The van der Waals surface area contributed by atoms with Gasteiger partial charge in [0.1, 0.15) is 49.4 Å². The van der Waals surface area contributed by atoms with Crippen molar-refractivity contribution in [3.8, 4) is 32.8 Å². The van der Waals surface area contributed by atoms with Crippen molar-refractivity contribution in [2.24, 2.45) is 0 Å². The van der Waals surface area contributed by atoms with Crippen molar-refractivity contribution >= 4 is 22.7 Å². The molecule has 0 N–H and O–H groups in total. The number of hydrogen-bond donors (Lipinski definition) is 0. The van der Waals surface area contributed by atoms with Crippen molar-refractivity contribution in [2.75, 3.05) is 106 Å². The van der Waals surface area contributed by atoms with Crippen molar-refractivity contribution in [2.45, 2.75) is 0 Å². The zero-order chi connectivity index (χ0) is 28.9. The Morgan fingerprint density at radius 2 is 0.619 bits per heavy atom. The van der Waals surface area contributed by atoms with Gasteiger partial charge in [0.25, 0.3) is 0 Å². The maximum atomic E-state index is 5.99. The summed E-state index contributed by atoms with van der Waals surface area (Å²) in [7, 11) is 0. The van der Waals surface area contributed by atoms with Gasteiger partial charge in [0.15, 0.2) is 0 Å². The summed E-state index contributed by atoms with van der Waals surface area (Å²) < 4.78 is 57.0. The molecular formula is C30H40O10S2. The summed E-state index contributed by atoms with van der Waals surface area (Å²) in [6.07, 6.45) is 0. The summed E-state index contributed by atoms with van der Waals surface area (Å²) in [4.78, 5) is 2.10. The van der Waals surface area contributed by atoms with Crippen LogP contribution in [0.1, 0.15) is 0 Å². The van der Waals surface area contributed by atoms with Crippen LogP contribution in [0.2, 0.25) is 0 Å². The minimum Gasteiger partial charge on any atom is -0.491 e. The van der Waals surface area contributed by atoms with E-state index in [2.05, 4.69) is 0 Å². The third-order valence-electron chi connectivity index (χ3n) is 5.74. The van der Waals surface area contributed by atoms with Crippen LogP contribution in [0.15, 0.2) is 47.2 Å². The zero-order valence-corrected chi connectivity index (χ0v) is 25.5. The quantitative estimate of drug-likeness (QED) is 0.325. The standard InChI is InChI=1S/C30H40O10S2/c1-2-26-4-3-25(1)37-19-15-33-11-7-31-9-13-35-17-21-39-27-5-23-41-29(27)30-28(6-24-42-30)40-22-18-36-14-10-32-8-12-34-16-20-38-26/h1-6,23-24H,7-22H2. The van der Waals surface area contributed by atoms with Crippen LogP contribution in [-0.4, -0.2) is 106 Å². The van der Waals surface area contributed by atoms with Crippen molar-refractivity contribution in [1.82, 2.24) is 0 Å². The highest BCUT2D eigenvalue weighted by Gasteiger charge is 2.15. The third kappa shape index (κ3) is 12.4. The van der Waals surface area contributed by atoms with Gasteiger partial charge in [-0.3, -0.25) is 0 Å². The molecule has 4 heterocycles. The number of thiophene rings is 2. The summed E-state index contributed by atoms with van der Waals surface area (Å²) in [5, 5.41) is 4.04. The summed E-state index contributed by atoms with van der Waals surface area (Å²) in [5.74, 6) is 3.17. The molecule has 2 bridgehead atoms. The Morgan fingerprint density at radius 1 is 0.333 bits per heavy atom. The van der Waals surface area contributed by atoms with Crippen LogP contribution >= 0.6 is 22.7 Å². The molecule has 5 rings (SSSR count). The molecular weight excluding hydrogens is 584 g/mol. The van der Waals surface area contributed by atoms with Crippen molar-refractivity contribution in [3.05, 3.63) is 47.2 Å². The van der Waals surface area contributed by atoms with E-state index in [0.29, 0.717) is 106 Å². The van der Waals surface area contributed by atoms with Gasteiger partial charge in [-0.05, 0) is 47.2 Å².